The Bertz CT molecular complexity index is 572. The van der Waals surface area contributed by atoms with Crippen LogP contribution < -0.4 is 10.2 Å². The van der Waals surface area contributed by atoms with Gasteiger partial charge in [0.2, 0.25) is 5.91 Å². The molecule has 0 spiro atoms. The molecule has 1 saturated heterocycles. The van der Waals surface area contributed by atoms with Gasteiger partial charge in [-0.15, -0.1) is 0 Å². The van der Waals surface area contributed by atoms with E-state index < -0.39 is 0 Å². The fraction of sp³-hybridized carbons (Fsp3) is 0.529. The first-order valence-electron chi connectivity index (χ1n) is 7.83. The van der Waals surface area contributed by atoms with Crippen LogP contribution in [0.3, 0.4) is 0 Å². The van der Waals surface area contributed by atoms with Crippen LogP contribution in [0, 0.1) is 17.2 Å². The number of nitriles is 1. The number of nitrogens with one attached hydrogen (secondary N) is 1. The largest absolute Gasteiger partial charge is 0.393 e. The zero-order valence-electron chi connectivity index (χ0n) is 13.2. The molecule has 1 heterocycles. The molecule has 1 amide bonds. The van der Waals surface area contributed by atoms with Crippen LogP contribution in [0.2, 0.25) is 0 Å². The quantitative estimate of drug-likeness (QED) is 0.896. The lowest BCUT2D eigenvalue weighted by molar-refractivity contribution is -0.119. The zero-order valence-corrected chi connectivity index (χ0v) is 13.2. The molecule has 1 aromatic rings. The number of carbonyl (C=O) groups excluding carboxylic acids is 1. The zero-order chi connectivity index (χ0) is 16.1. The van der Waals surface area contributed by atoms with Crippen molar-refractivity contribution in [3.8, 4) is 6.07 Å². The van der Waals surface area contributed by atoms with Gasteiger partial charge in [-0.3, -0.25) is 4.79 Å². The van der Waals surface area contributed by atoms with Gasteiger partial charge in [-0.05, 0) is 37.5 Å². The maximum absolute atomic E-state index is 11.9. The molecule has 1 aliphatic rings. The molecular weight excluding hydrogens is 278 g/mol. The lowest BCUT2D eigenvalue weighted by Gasteiger charge is -2.32. The third kappa shape index (κ3) is 3.77. The lowest BCUT2D eigenvalue weighted by Crippen LogP contribution is -2.36. The number of piperidine rings is 1. The minimum absolute atomic E-state index is 0.0276. The fourth-order valence-corrected chi connectivity index (χ4v) is 2.54. The predicted octanol–water partition coefficient (Wildman–Crippen LogP) is 2.50. The summed E-state index contributed by atoms with van der Waals surface area (Å²) < 4.78 is 0. The smallest absolute Gasteiger partial charge is 0.227 e. The van der Waals surface area contributed by atoms with Crippen molar-refractivity contribution in [3.63, 3.8) is 0 Å². The number of aliphatic hydroxyl groups is 1. The first kappa shape index (κ1) is 16.3. The highest BCUT2D eigenvalue weighted by Crippen LogP contribution is 2.27. The molecule has 0 radical (unpaired) electrons. The number of benzene rings is 1. The van der Waals surface area contributed by atoms with Crippen LogP contribution in [0.15, 0.2) is 18.2 Å². The first-order valence-corrected chi connectivity index (χ1v) is 7.83. The molecule has 1 aromatic carbocycles. The summed E-state index contributed by atoms with van der Waals surface area (Å²) in [7, 11) is 0. The maximum Gasteiger partial charge on any atom is 0.227 e. The van der Waals surface area contributed by atoms with E-state index >= 15 is 0 Å². The normalized spacial score (nSPS) is 16.9. The van der Waals surface area contributed by atoms with Crippen molar-refractivity contribution in [2.24, 2.45) is 5.92 Å². The van der Waals surface area contributed by atoms with Crippen molar-refractivity contribution in [1.82, 2.24) is 0 Å². The summed E-state index contributed by atoms with van der Waals surface area (Å²) in [6, 6.07) is 7.64. The van der Waals surface area contributed by atoms with Gasteiger partial charge in [0.15, 0.2) is 0 Å². The van der Waals surface area contributed by atoms with Crippen LogP contribution in [0.5, 0.6) is 0 Å². The van der Waals surface area contributed by atoms with Gasteiger partial charge in [0.05, 0.1) is 17.4 Å². The molecule has 118 valence electrons. The topological polar surface area (TPSA) is 76.4 Å². The molecule has 1 atom stereocenters. The molecule has 1 unspecified atom stereocenters. The van der Waals surface area contributed by atoms with Crippen LogP contribution in [-0.2, 0) is 4.79 Å². The summed E-state index contributed by atoms with van der Waals surface area (Å²) in [5, 5.41) is 21.8. The van der Waals surface area contributed by atoms with Gasteiger partial charge in [-0.2, -0.15) is 5.26 Å². The van der Waals surface area contributed by atoms with Crippen LogP contribution in [-0.4, -0.2) is 30.2 Å². The number of anilines is 2. The van der Waals surface area contributed by atoms with Crippen molar-refractivity contribution in [2.75, 3.05) is 23.3 Å². The molecule has 1 fully saturated rings. The molecule has 2 rings (SSSR count). The molecule has 2 N–H and O–H groups in total. The fourth-order valence-electron chi connectivity index (χ4n) is 2.54. The van der Waals surface area contributed by atoms with Crippen LogP contribution >= 0.6 is 0 Å². The number of hydrogen-bond donors (Lipinski definition) is 2. The molecule has 5 heteroatoms. The average molecular weight is 301 g/mol. The van der Waals surface area contributed by atoms with Gasteiger partial charge in [-0.25, -0.2) is 0 Å². The Morgan fingerprint density at radius 1 is 1.50 bits per heavy atom. The van der Waals surface area contributed by atoms with Crippen molar-refractivity contribution >= 4 is 17.3 Å². The third-order valence-corrected chi connectivity index (χ3v) is 4.25. The Kier molecular flexibility index (Phi) is 5.40. The van der Waals surface area contributed by atoms with E-state index in [2.05, 4.69) is 16.3 Å². The van der Waals surface area contributed by atoms with E-state index in [-0.39, 0.29) is 17.9 Å². The molecule has 22 heavy (non-hydrogen) atoms. The van der Waals surface area contributed by atoms with Crippen LogP contribution in [0.4, 0.5) is 11.4 Å². The van der Waals surface area contributed by atoms with E-state index in [1.165, 1.54) is 0 Å². The molecule has 0 bridgehead atoms. The number of carbonyl (C=O) groups is 1. The maximum atomic E-state index is 11.9. The van der Waals surface area contributed by atoms with E-state index in [1.807, 2.05) is 26.0 Å². The molecule has 0 aliphatic carbocycles. The second-order valence-electron chi connectivity index (χ2n) is 5.86. The Labute approximate surface area is 131 Å². The SMILES string of the molecule is CCC(C)C(=O)Nc1ccc(N2CCC(O)CC2)c(C#N)c1. The Balaban J connectivity index is 2.14. The number of hydrogen-bond acceptors (Lipinski definition) is 4. The molecular formula is C17H23N3O2. The highest BCUT2D eigenvalue weighted by atomic mass is 16.3. The van der Waals surface area contributed by atoms with Gasteiger partial charge in [0, 0.05) is 24.7 Å². The highest BCUT2D eigenvalue weighted by molar-refractivity contribution is 5.92. The Hall–Kier alpha value is -2.06. The summed E-state index contributed by atoms with van der Waals surface area (Å²) in [6.45, 7) is 5.34. The highest BCUT2D eigenvalue weighted by Gasteiger charge is 2.20. The van der Waals surface area contributed by atoms with E-state index in [1.54, 1.807) is 6.07 Å². The second kappa shape index (κ2) is 7.28. The van der Waals surface area contributed by atoms with E-state index in [0.29, 0.717) is 11.3 Å². The monoisotopic (exact) mass is 301 g/mol. The molecule has 0 saturated carbocycles. The summed E-state index contributed by atoms with van der Waals surface area (Å²) in [6.07, 6.45) is 1.98. The second-order valence-corrected chi connectivity index (χ2v) is 5.86. The number of nitrogens with zero attached hydrogens (tertiary/aromatic N) is 2. The van der Waals surface area contributed by atoms with Gasteiger partial charge in [-0.1, -0.05) is 13.8 Å². The van der Waals surface area contributed by atoms with Crippen molar-refractivity contribution in [2.45, 2.75) is 39.2 Å². The first-order chi connectivity index (χ1) is 10.5. The average Bonchev–Trinajstić information content (AvgIpc) is 2.54. The minimum Gasteiger partial charge on any atom is -0.393 e. The van der Waals surface area contributed by atoms with E-state index in [9.17, 15) is 15.2 Å². The summed E-state index contributed by atoms with van der Waals surface area (Å²) >= 11 is 0. The van der Waals surface area contributed by atoms with Gasteiger partial charge >= 0.3 is 0 Å². The number of amides is 1. The van der Waals surface area contributed by atoms with Gasteiger partial charge in [0.1, 0.15) is 6.07 Å². The summed E-state index contributed by atoms with van der Waals surface area (Å²) in [5.74, 6) is -0.0750. The lowest BCUT2D eigenvalue weighted by atomic mass is 10.0. The van der Waals surface area contributed by atoms with Crippen LogP contribution in [0.1, 0.15) is 38.7 Å². The van der Waals surface area contributed by atoms with Crippen molar-refractivity contribution in [3.05, 3.63) is 23.8 Å². The van der Waals surface area contributed by atoms with E-state index in [0.717, 1.165) is 38.0 Å². The number of aliphatic hydroxyl groups excluding tert-OH is 1. The minimum atomic E-state index is -0.240. The van der Waals surface area contributed by atoms with Crippen LogP contribution in [0.25, 0.3) is 0 Å². The third-order valence-electron chi connectivity index (χ3n) is 4.25. The molecule has 1 aliphatic heterocycles. The van der Waals surface area contributed by atoms with Gasteiger partial charge < -0.3 is 15.3 Å². The predicted molar refractivity (Wildman–Crippen MR) is 86.7 cm³/mol. The van der Waals surface area contributed by atoms with Gasteiger partial charge in [0.25, 0.3) is 0 Å². The Morgan fingerprint density at radius 2 is 2.18 bits per heavy atom. The van der Waals surface area contributed by atoms with E-state index in [4.69, 9.17) is 0 Å². The molecule has 5 nitrogen and oxygen atoms in total. The van der Waals surface area contributed by atoms with Crippen molar-refractivity contribution < 1.29 is 9.90 Å². The standard InChI is InChI=1S/C17H23N3O2/c1-3-12(2)17(22)19-14-4-5-16(13(10-14)11-18)20-8-6-15(21)7-9-20/h4-5,10,12,15,21H,3,6-9H2,1-2H3,(H,19,22). The number of rotatable bonds is 4. The summed E-state index contributed by atoms with van der Waals surface area (Å²) in [4.78, 5) is 14.1. The molecule has 0 aromatic heterocycles. The summed E-state index contributed by atoms with van der Waals surface area (Å²) in [5.41, 5.74) is 2.08. The Morgan fingerprint density at radius 3 is 2.77 bits per heavy atom. The van der Waals surface area contributed by atoms with Crippen molar-refractivity contribution in [1.29, 1.82) is 5.26 Å².